The summed E-state index contributed by atoms with van der Waals surface area (Å²) in [5.74, 6) is 0.921. The zero-order chi connectivity index (χ0) is 6.97. The molecular formula is C6H7N3S. The summed E-state index contributed by atoms with van der Waals surface area (Å²) in [5.41, 5.74) is 6.66. The SMILES string of the molecule is Nc1snc2c1C=CCN2. The molecule has 0 saturated heterocycles. The highest BCUT2D eigenvalue weighted by Gasteiger charge is 2.09. The molecule has 1 aliphatic heterocycles. The highest BCUT2D eigenvalue weighted by Crippen LogP contribution is 2.28. The third kappa shape index (κ3) is 0.690. The van der Waals surface area contributed by atoms with Crippen molar-refractivity contribution in [3.8, 4) is 0 Å². The lowest BCUT2D eigenvalue weighted by Crippen LogP contribution is -2.03. The van der Waals surface area contributed by atoms with Crippen molar-refractivity contribution in [2.45, 2.75) is 0 Å². The average Bonchev–Trinajstić information content (AvgIpc) is 2.34. The normalized spacial score (nSPS) is 14.4. The lowest BCUT2D eigenvalue weighted by molar-refractivity contribution is 1.28. The van der Waals surface area contributed by atoms with Gasteiger partial charge in [-0.1, -0.05) is 12.2 Å². The second-order valence-corrected chi connectivity index (χ2v) is 2.90. The fourth-order valence-electron chi connectivity index (χ4n) is 0.931. The first-order chi connectivity index (χ1) is 4.88. The summed E-state index contributed by atoms with van der Waals surface area (Å²) in [4.78, 5) is 0. The van der Waals surface area contributed by atoms with E-state index in [4.69, 9.17) is 5.73 Å². The van der Waals surface area contributed by atoms with Gasteiger partial charge in [-0.2, -0.15) is 4.37 Å². The van der Waals surface area contributed by atoms with Crippen molar-refractivity contribution < 1.29 is 0 Å². The predicted molar refractivity (Wildman–Crippen MR) is 44.1 cm³/mol. The van der Waals surface area contributed by atoms with Crippen molar-refractivity contribution in [3.05, 3.63) is 11.6 Å². The van der Waals surface area contributed by atoms with Crippen LogP contribution in [0.1, 0.15) is 5.56 Å². The van der Waals surface area contributed by atoms with Gasteiger partial charge < -0.3 is 11.1 Å². The lowest BCUT2D eigenvalue weighted by atomic mass is 10.2. The number of nitrogens with one attached hydrogen (secondary N) is 1. The van der Waals surface area contributed by atoms with Crippen molar-refractivity contribution in [1.29, 1.82) is 0 Å². The molecule has 0 fully saturated rings. The summed E-state index contributed by atoms with van der Waals surface area (Å²) in [5, 5.41) is 3.91. The first-order valence-corrected chi connectivity index (χ1v) is 3.81. The summed E-state index contributed by atoms with van der Waals surface area (Å²) in [6.45, 7) is 0.857. The Morgan fingerprint density at radius 1 is 1.70 bits per heavy atom. The number of rotatable bonds is 0. The average molecular weight is 153 g/mol. The molecule has 2 rings (SSSR count). The molecule has 0 atom stereocenters. The molecule has 0 spiro atoms. The van der Waals surface area contributed by atoms with E-state index in [9.17, 15) is 0 Å². The molecule has 1 aliphatic rings. The molecule has 3 N–H and O–H groups in total. The molecule has 10 heavy (non-hydrogen) atoms. The number of fused-ring (bicyclic) bond motifs is 1. The summed E-state index contributed by atoms with van der Waals surface area (Å²) >= 11 is 1.33. The maximum absolute atomic E-state index is 5.63. The van der Waals surface area contributed by atoms with E-state index in [1.54, 1.807) is 0 Å². The van der Waals surface area contributed by atoms with Crippen LogP contribution in [0.4, 0.5) is 10.8 Å². The molecule has 0 unspecified atom stereocenters. The maximum Gasteiger partial charge on any atom is 0.149 e. The Bertz CT molecular complexity index is 277. The fraction of sp³-hybridized carbons (Fsp3) is 0.167. The Morgan fingerprint density at radius 2 is 2.60 bits per heavy atom. The van der Waals surface area contributed by atoms with Crippen molar-refractivity contribution >= 4 is 28.4 Å². The van der Waals surface area contributed by atoms with E-state index in [0.717, 1.165) is 22.9 Å². The Balaban J connectivity index is 2.57. The van der Waals surface area contributed by atoms with Crippen LogP contribution in [-0.2, 0) is 0 Å². The maximum atomic E-state index is 5.63. The largest absolute Gasteiger partial charge is 0.389 e. The monoisotopic (exact) mass is 153 g/mol. The molecule has 0 aromatic carbocycles. The Morgan fingerprint density at radius 3 is 3.40 bits per heavy atom. The van der Waals surface area contributed by atoms with Crippen LogP contribution in [0.15, 0.2) is 6.08 Å². The molecule has 0 saturated carbocycles. The Labute approximate surface area is 62.7 Å². The smallest absolute Gasteiger partial charge is 0.149 e. The molecule has 52 valence electrons. The van der Waals surface area contributed by atoms with Crippen LogP contribution in [0.5, 0.6) is 0 Å². The van der Waals surface area contributed by atoms with E-state index in [1.807, 2.05) is 12.2 Å². The van der Waals surface area contributed by atoms with Crippen LogP contribution in [-0.4, -0.2) is 10.9 Å². The van der Waals surface area contributed by atoms with Crippen LogP contribution in [0.2, 0.25) is 0 Å². The van der Waals surface area contributed by atoms with Crippen molar-refractivity contribution in [2.75, 3.05) is 17.6 Å². The number of nitrogens with two attached hydrogens (primary N) is 1. The van der Waals surface area contributed by atoms with Crippen LogP contribution in [0.25, 0.3) is 6.08 Å². The van der Waals surface area contributed by atoms with Crippen molar-refractivity contribution in [3.63, 3.8) is 0 Å². The van der Waals surface area contributed by atoms with Gasteiger partial charge in [0.25, 0.3) is 0 Å². The second-order valence-electron chi connectivity index (χ2n) is 2.09. The molecule has 4 heteroatoms. The minimum absolute atomic E-state index is 0.790. The van der Waals surface area contributed by atoms with Crippen LogP contribution < -0.4 is 11.1 Å². The summed E-state index contributed by atoms with van der Waals surface area (Å²) < 4.78 is 4.11. The van der Waals surface area contributed by atoms with Gasteiger partial charge in [-0.05, 0) is 11.5 Å². The number of hydrogen-bond acceptors (Lipinski definition) is 4. The molecule has 2 heterocycles. The zero-order valence-electron chi connectivity index (χ0n) is 5.29. The summed E-state index contributed by atoms with van der Waals surface area (Å²) in [7, 11) is 0. The molecular weight excluding hydrogens is 146 g/mol. The van der Waals surface area contributed by atoms with Gasteiger partial charge in [-0.25, -0.2) is 0 Å². The summed E-state index contributed by atoms with van der Waals surface area (Å²) in [6, 6.07) is 0. The van der Waals surface area contributed by atoms with Gasteiger partial charge in [0.1, 0.15) is 10.8 Å². The molecule has 1 aromatic heterocycles. The van der Waals surface area contributed by atoms with E-state index in [0.29, 0.717) is 0 Å². The van der Waals surface area contributed by atoms with Crippen LogP contribution in [0.3, 0.4) is 0 Å². The first kappa shape index (κ1) is 5.73. The molecule has 0 bridgehead atoms. The quantitative estimate of drug-likeness (QED) is 0.588. The standard InChI is InChI=1S/C6H7N3S/c7-5-4-2-1-3-8-6(4)9-10-5/h1-2H,3,7H2,(H,8,9). The molecule has 3 nitrogen and oxygen atoms in total. The number of hydrogen-bond donors (Lipinski definition) is 2. The number of aromatic nitrogens is 1. The van der Waals surface area contributed by atoms with E-state index >= 15 is 0 Å². The third-order valence-electron chi connectivity index (χ3n) is 1.43. The Kier molecular flexibility index (Phi) is 1.14. The van der Waals surface area contributed by atoms with E-state index in [-0.39, 0.29) is 0 Å². The number of anilines is 2. The van der Waals surface area contributed by atoms with E-state index < -0.39 is 0 Å². The molecule has 0 aliphatic carbocycles. The minimum Gasteiger partial charge on any atom is -0.389 e. The van der Waals surface area contributed by atoms with Crippen molar-refractivity contribution in [2.24, 2.45) is 0 Å². The predicted octanol–water partition coefficient (Wildman–Crippen LogP) is 1.16. The second kappa shape index (κ2) is 1.98. The van der Waals surface area contributed by atoms with E-state index in [2.05, 4.69) is 9.69 Å². The van der Waals surface area contributed by atoms with Crippen LogP contribution >= 0.6 is 11.5 Å². The van der Waals surface area contributed by atoms with Gasteiger partial charge in [0.15, 0.2) is 0 Å². The van der Waals surface area contributed by atoms with Gasteiger partial charge in [-0.3, -0.25) is 0 Å². The van der Waals surface area contributed by atoms with Gasteiger partial charge in [0.2, 0.25) is 0 Å². The molecule has 0 radical (unpaired) electrons. The van der Waals surface area contributed by atoms with Crippen molar-refractivity contribution in [1.82, 2.24) is 4.37 Å². The number of nitrogens with zero attached hydrogens (tertiary/aromatic N) is 1. The van der Waals surface area contributed by atoms with Gasteiger partial charge in [0.05, 0.1) is 5.56 Å². The highest BCUT2D eigenvalue weighted by molar-refractivity contribution is 7.10. The lowest BCUT2D eigenvalue weighted by Gasteiger charge is -2.05. The van der Waals surface area contributed by atoms with Crippen LogP contribution in [0, 0.1) is 0 Å². The van der Waals surface area contributed by atoms with E-state index in [1.165, 1.54) is 11.5 Å². The third-order valence-corrected chi connectivity index (χ3v) is 2.12. The van der Waals surface area contributed by atoms with Gasteiger partial charge in [-0.15, -0.1) is 0 Å². The highest BCUT2D eigenvalue weighted by atomic mass is 32.1. The summed E-state index contributed by atoms with van der Waals surface area (Å²) in [6.07, 6.45) is 4.04. The minimum atomic E-state index is 0.790. The molecule has 1 aromatic rings. The Hall–Kier alpha value is -1.03. The topological polar surface area (TPSA) is 50.9 Å². The molecule has 0 amide bonds. The first-order valence-electron chi connectivity index (χ1n) is 3.03. The van der Waals surface area contributed by atoms with Gasteiger partial charge in [0, 0.05) is 6.54 Å². The zero-order valence-corrected chi connectivity index (χ0v) is 6.11. The number of nitrogen functional groups attached to an aromatic ring is 1. The van der Waals surface area contributed by atoms with Gasteiger partial charge >= 0.3 is 0 Å². The fourth-order valence-corrected chi connectivity index (χ4v) is 1.55.